The molecule has 2 heterocycles. The fraction of sp³-hybridized carbons (Fsp3) is 0.143. The maximum absolute atomic E-state index is 13.5. The van der Waals surface area contributed by atoms with E-state index in [2.05, 4.69) is 0 Å². The van der Waals surface area contributed by atoms with Gasteiger partial charge in [-0.3, -0.25) is 9.59 Å². The highest BCUT2D eigenvalue weighted by Crippen LogP contribution is 2.44. The molecule has 1 unspecified atom stereocenters. The van der Waals surface area contributed by atoms with E-state index < -0.39 is 11.5 Å². The van der Waals surface area contributed by atoms with Crippen molar-refractivity contribution in [3.8, 4) is 5.69 Å². The van der Waals surface area contributed by atoms with Crippen molar-refractivity contribution in [1.29, 1.82) is 0 Å². The van der Waals surface area contributed by atoms with Gasteiger partial charge in [0, 0.05) is 34.2 Å². The van der Waals surface area contributed by atoms with Crippen LogP contribution in [0.1, 0.15) is 33.5 Å². The molecule has 0 radical (unpaired) electrons. The summed E-state index contributed by atoms with van der Waals surface area (Å²) in [6.45, 7) is 2.29. The molecule has 1 aliphatic rings. The van der Waals surface area contributed by atoms with Gasteiger partial charge in [-0.15, -0.1) is 0 Å². The van der Waals surface area contributed by atoms with Crippen LogP contribution in [-0.2, 0) is 16.9 Å². The molecule has 1 atom stereocenters. The van der Waals surface area contributed by atoms with Crippen LogP contribution < -0.4 is 4.90 Å². The molecule has 6 heteroatoms. The van der Waals surface area contributed by atoms with Gasteiger partial charge in [0.15, 0.2) is 11.4 Å². The van der Waals surface area contributed by atoms with Gasteiger partial charge in [-0.05, 0) is 67.1 Å². The van der Waals surface area contributed by atoms with Gasteiger partial charge in [-0.25, -0.2) is 0 Å². The van der Waals surface area contributed by atoms with Crippen molar-refractivity contribution in [2.45, 2.75) is 25.5 Å². The molecule has 5 nitrogen and oxygen atoms in total. The van der Waals surface area contributed by atoms with Crippen molar-refractivity contribution in [3.63, 3.8) is 0 Å². The maximum atomic E-state index is 13.5. The Morgan fingerprint density at radius 3 is 2.32 bits per heavy atom. The monoisotopic (exact) mass is 470 g/mol. The third kappa shape index (κ3) is 3.94. The molecule has 170 valence electrons. The maximum Gasteiger partial charge on any atom is 0.264 e. The predicted octanol–water partition coefficient (Wildman–Crippen LogP) is 5.45. The minimum absolute atomic E-state index is 0.288. The van der Waals surface area contributed by atoms with Crippen molar-refractivity contribution in [3.05, 3.63) is 119 Å². The normalized spacial score (nSPS) is 17.1. The standard InChI is InChI=1S/C28H23ClN2O3/c1-19-4-6-20(7-5-19)18-31-25-13-10-22(29)16-24(25)28(34,27(31)33)17-26(32)21-8-11-23(12-9-21)30-14-2-3-15-30/h2-16,34H,17-18H2,1H3. The van der Waals surface area contributed by atoms with E-state index in [1.807, 2.05) is 72.4 Å². The number of rotatable bonds is 6. The van der Waals surface area contributed by atoms with Gasteiger partial charge < -0.3 is 14.6 Å². The predicted molar refractivity (Wildman–Crippen MR) is 132 cm³/mol. The number of halogens is 1. The number of hydrogen-bond donors (Lipinski definition) is 1. The van der Waals surface area contributed by atoms with Crippen molar-refractivity contribution < 1.29 is 14.7 Å². The summed E-state index contributed by atoms with van der Waals surface area (Å²) in [5, 5.41) is 12.0. The van der Waals surface area contributed by atoms with Crippen molar-refractivity contribution in [2.24, 2.45) is 0 Å². The molecule has 0 spiro atoms. The number of amides is 1. The van der Waals surface area contributed by atoms with E-state index >= 15 is 0 Å². The molecular weight excluding hydrogens is 448 g/mol. The highest BCUT2D eigenvalue weighted by atomic mass is 35.5. The fourth-order valence-electron chi connectivity index (χ4n) is 4.39. The third-order valence-corrected chi connectivity index (χ3v) is 6.50. The lowest BCUT2D eigenvalue weighted by molar-refractivity contribution is -0.136. The topological polar surface area (TPSA) is 62.5 Å². The summed E-state index contributed by atoms with van der Waals surface area (Å²) in [5.41, 5.74) is 2.32. The molecule has 1 N–H and O–H groups in total. The largest absolute Gasteiger partial charge is 0.375 e. The van der Waals surface area contributed by atoms with Gasteiger partial charge in [0.05, 0.1) is 18.7 Å². The first-order valence-corrected chi connectivity index (χ1v) is 11.4. The van der Waals surface area contributed by atoms with Crippen LogP contribution in [0, 0.1) is 6.92 Å². The number of benzene rings is 3. The van der Waals surface area contributed by atoms with Crippen LogP contribution in [0.3, 0.4) is 0 Å². The second-order valence-electron chi connectivity index (χ2n) is 8.64. The van der Waals surface area contributed by atoms with E-state index in [1.54, 1.807) is 30.3 Å². The zero-order valence-electron chi connectivity index (χ0n) is 18.6. The molecule has 5 rings (SSSR count). The van der Waals surface area contributed by atoms with Gasteiger partial charge in [0.1, 0.15) is 0 Å². The molecule has 3 aromatic carbocycles. The molecule has 34 heavy (non-hydrogen) atoms. The summed E-state index contributed by atoms with van der Waals surface area (Å²) >= 11 is 6.22. The van der Waals surface area contributed by atoms with E-state index in [9.17, 15) is 14.7 Å². The Morgan fingerprint density at radius 1 is 0.971 bits per heavy atom. The van der Waals surface area contributed by atoms with E-state index in [4.69, 9.17) is 11.6 Å². The Hall–Kier alpha value is -3.67. The number of carbonyl (C=O) groups excluding carboxylic acids is 2. The number of aliphatic hydroxyl groups is 1. The molecule has 0 aliphatic carbocycles. The van der Waals surface area contributed by atoms with E-state index in [1.165, 1.54) is 4.90 Å². The molecule has 1 aromatic heterocycles. The Balaban J connectivity index is 1.44. The van der Waals surface area contributed by atoms with Crippen molar-refractivity contribution in [2.75, 3.05) is 4.90 Å². The van der Waals surface area contributed by atoms with Crippen molar-refractivity contribution in [1.82, 2.24) is 4.57 Å². The summed E-state index contributed by atoms with van der Waals surface area (Å²) in [6.07, 6.45) is 3.46. The van der Waals surface area contributed by atoms with Crippen LogP contribution in [0.4, 0.5) is 5.69 Å². The zero-order valence-corrected chi connectivity index (χ0v) is 19.4. The van der Waals surface area contributed by atoms with Gasteiger partial charge in [-0.1, -0.05) is 41.4 Å². The number of fused-ring (bicyclic) bond motifs is 1. The number of nitrogens with zero attached hydrogens (tertiary/aromatic N) is 2. The van der Waals surface area contributed by atoms with Crippen LogP contribution in [0.25, 0.3) is 5.69 Å². The summed E-state index contributed by atoms with van der Waals surface area (Å²) in [6, 6.07) is 23.8. The number of anilines is 1. The Bertz CT molecular complexity index is 1360. The second kappa shape index (κ2) is 8.60. The molecule has 0 saturated carbocycles. The Morgan fingerprint density at radius 2 is 1.65 bits per heavy atom. The quantitative estimate of drug-likeness (QED) is 0.381. The Labute approximate surface area is 202 Å². The van der Waals surface area contributed by atoms with E-state index in [-0.39, 0.29) is 18.7 Å². The van der Waals surface area contributed by atoms with Gasteiger partial charge in [-0.2, -0.15) is 0 Å². The van der Waals surface area contributed by atoms with Crippen molar-refractivity contribution >= 4 is 29.0 Å². The number of hydrogen-bond acceptors (Lipinski definition) is 3. The summed E-state index contributed by atoms with van der Waals surface area (Å²) in [4.78, 5) is 28.2. The first-order valence-electron chi connectivity index (χ1n) is 11.0. The molecule has 0 fully saturated rings. The third-order valence-electron chi connectivity index (χ3n) is 6.26. The lowest BCUT2D eigenvalue weighted by Crippen LogP contribution is -2.41. The molecule has 0 bridgehead atoms. The minimum atomic E-state index is -1.99. The van der Waals surface area contributed by atoms with E-state index in [0.717, 1.165) is 16.8 Å². The number of ketones is 1. The summed E-state index contributed by atoms with van der Waals surface area (Å²) < 4.78 is 1.93. The fourth-order valence-corrected chi connectivity index (χ4v) is 4.56. The highest BCUT2D eigenvalue weighted by Gasteiger charge is 2.51. The molecule has 1 amide bonds. The van der Waals surface area contributed by atoms with Gasteiger partial charge >= 0.3 is 0 Å². The summed E-state index contributed by atoms with van der Waals surface area (Å²) in [7, 11) is 0. The average molecular weight is 471 g/mol. The first-order chi connectivity index (χ1) is 16.3. The SMILES string of the molecule is Cc1ccc(CN2C(=O)C(O)(CC(=O)c3ccc(-n4cccc4)cc3)c3cc(Cl)ccc32)cc1. The van der Waals surface area contributed by atoms with Gasteiger partial charge in [0.25, 0.3) is 5.91 Å². The minimum Gasteiger partial charge on any atom is -0.375 e. The lowest BCUT2D eigenvalue weighted by Gasteiger charge is -2.23. The lowest BCUT2D eigenvalue weighted by atomic mass is 9.88. The van der Waals surface area contributed by atoms with Crippen LogP contribution in [0.15, 0.2) is 91.3 Å². The Kier molecular flexibility index (Phi) is 5.60. The van der Waals surface area contributed by atoms with Crippen LogP contribution in [-0.4, -0.2) is 21.4 Å². The molecule has 0 saturated heterocycles. The second-order valence-corrected chi connectivity index (χ2v) is 9.07. The average Bonchev–Trinajstić information content (AvgIpc) is 3.44. The molecular formula is C28H23ClN2O3. The van der Waals surface area contributed by atoms with E-state index in [0.29, 0.717) is 21.8 Å². The highest BCUT2D eigenvalue weighted by molar-refractivity contribution is 6.31. The smallest absolute Gasteiger partial charge is 0.264 e. The number of carbonyl (C=O) groups is 2. The number of aromatic nitrogens is 1. The van der Waals surface area contributed by atoms with Crippen LogP contribution in [0.2, 0.25) is 5.02 Å². The van der Waals surface area contributed by atoms with Crippen LogP contribution in [0.5, 0.6) is 0 Å². The number of aryl methyl sites for hydroxylation is 1. The summed E-state index contributed by atoms with van der Waals surface area (Å²) in [5.74, 6) is -0.847. The first kappa shape index (κ1) is 22.1. The van der Waals surface area contributed by atoms with Gasteiger partial charge in [0.2, 0.25) is 0 Å². The van der Waals surface area contributed by atoms with Crippen LogP contribution >= 0.6 is 11.6 Å². The molecule has 1 aliphatic heterocycles. The zero-order chi connectivity index (χ0) is 23.9. The molecule has 4 aromatic rings. The number of Topliss-reactive ketones (excluding diaryl/α,β-unsaturated/α-hetero) is 1.